The van der Waals surface area contributed by atoms with Crippen LogP contribution in [0.4, 0.5) is 25.8 Å². The molecule has 2 aromatic rings. The third kappa shape index (κ3) is 2.85. The molecule has 88 valence electrons. The van der Waals surface area contributed by atoms with Crippen LogP contribution in [0, 0.1) is 15.2 Å². The maximum absolute atomic E-state index is 13.5. The number of nitrogen functional groups attached to an aromatic ring is 1. The molecule has 0 aliphatic heterocycles. The van der Waals surface area contributed by atoms with Gasteiger partial charge < -0.3 is 11.1 Å². The molecule has 0 bridgehead atoms. The number of hydrogen-bond acceptors (Lipinski definition) is 2. The number of nitrogens with one attached hydrogen (secondary N) is 1. The summed E-state index contributed by atoms with van der Waals surface area (Å²) in [5, 5.41) is 2.89. The van der Waals surface area contributed by atoms with Gasteiger partial charge in [-0.3, -0.25) is 0 Å². The summed E-state index contributed by atoms with van der Waals surface area (Å²) < 4.78 is 27.1. The Kier molecular flexibility index (Phi) is 3.46. The Morgan fingerprint density at radius 1 is 1.00 bits per heavy atom. The zero-order chi connectivity index (χ0) is 12.4. The van der Waals surface area contributed by atoms with Crippen LogP contribution in [0.15, 0.2) is 36.4 Å². The highest BCUT2D eigenvalue weighted by atomic mass is 127. The minimum Gasteiger partial charge on any atom is -0.399 e. The third-order valence-electron chi connectivity index (χ3n) is 2.19. The topological polar surface area (TPSA) is 38.0 Å². The van der Waals surface area contributed by atoms with E-state index in [0.29, 0.717) is 20.6 Å². The minimum absolute atomic E-state index is 0.309. The van der Waals surface area contributed by atoms with Gasteiger partial charge in [0, 0.05) is 9.26 Å². The van der Waals surface area contributed by atoms with E-state index >= 15 is 0 Å². The smallest absolute Gasteiger partial charge is 0.148 e. The van der Waals surface area contributed by atoms with Crippen LogP contribution in [0.3, 0.4) is 0 Å². The summed E-state index contributed by atoms with van der Waals surface area (Å²) >= 11 is 1.98. The molecule has 0 spiro atoms. The standard InChI is InChI=1S/C12H9F2IN2/c13-7-1-3-12(10(15)5-7)17-11-4-2-8(16)6-9(11)14/h1-6,17H,16H2. The summed E-state index contributed by atoms with van der Waals surface area (Å²) in [6.07, 6.45) is 0. The average Bonchev–Trinajstić information content (AvgIpc) is 2.25. The quantitative estimate of drug-likeness (QED) is 0.640. The van der Waals surface area contributed by atoms with E-state index in [-0.39, 0.29) is 5.82 Å². The predicted molar refractivity (Wildman–Crippen MR) is 73.2 cm³/mol. The predicted octanol–water partition coefficient (Wildman–Crippen LogP) is 3.90. The van der Waals surface area contributed by atoms with Gasteiger partial charge in [-0.1, -0.05) is 0 Å². The number of halogens is 3. The van der Waals surface area contributed by atoms with Crippen LogP contribution in [0.5, 0.6) is 0 Å². The van der Waals surface area contributed by atoms with E-state index in [1.165, 1.54) is 18.2 Å². The summed E-state index contributed by atoms with van der Waals surface area (Å²) in [5.41, 5.74) is 6.77. The van der Waals surface area contributed by atoms with E-state index in [0.717, 1.165) is 0 Å². The van der Waals surface area contributed by atoms with Gasteiger partial charge in [-0.25, -0.2) is 8.78 Å². The Hall–Kier alpha value is -1.37. The number of hydrogen-bond donors (Lipinski definition) is 2. The van der Waals surface area contributed by atoms with E-state index in [4.69, 9.17) is 5.73 Å². The Morgan fingerprint density at radius 3 is 2.35 bits per heavy atom. The molecule has 3 N–H and O–H groups in total. The number of rotatable bonds is 2. The fraction of sp³-hybridized carbons (Fsp3) is 0. The second kappa shape index (κ2) is 4.87. The van der Waals surface area contributed by atoms with Crippen molar-refractivity contribution in [1.82, 2.24) is 0 Å². The molecule has 0 heterocycles. The van der Waals surface area contributed by atoms with Gasteiger partial charge in [0.25, 0.3) is 0 Å². The molecule has 0 fully saturated rings. The summed E-state index contributed by atoms with van der Waals surface area (Å²) in [6, 6.07) is 8.63. The lowest BCUT2D eigenvalue weighted by atomic mass is 10.2. The molecule has 2 rings (SSSR count). The highest BCUT2D eigenvalue weighted by Crippen LogP contribution is 2.25. The molecule has 0 unspecified atom stereocenters. The highest BCUT2D eigenvalue weighted by Gasteiger charge is 2.06. The van der Waals surface area contributed by atoms with Crippen LogP contribution in [-0.2, 0) is 0 Å². The molecule has 0 aromatic heterocycles. The Labute approximate surface area is 111 Å². The second-order valence-corrected chi connectivity index (χ2v) is 4.65. The maximum atomic E-state index is 13.5. The third-order valence-corrected chi connectivity index (χ3v) is 3.09. The van der Waals surface area contributed by atoms with E-state index in [9.17, 15) is 8.78 Å². The number of anilines is 3. The molecular formula is C12H9F2IN2. The van der Waals surface area contributed by atoms with Crippen molar-refractivity contribution in [3.63, 3.8) is 0 Å². The van der Waals surface area contributed by atoms with Crippen molar-refractivity contribution < 1.29 is 8.78 Å². The van der Waals surface area contributed by atoms with Crippen LogP contribution >= 0.6 is 22.6 Å². The van der Waals surface area contributed by atoms with Crippen molar-refractivity contribution in [3.05, 3.63) is 51.6 Å². The first kappa shape index (κ1) is 12.1. The number of nitrogens with two attached hydrogens (primary N) is 1. The monoisotopic (exact) mass is 346 g/mol. The van der Waals surface area contributed by atoms with Crippen LogP contribution in [0.1, 0.15) is 0 Å². The molecule has 0 atom stereocenters. The summed E-state index contributed by atoms with van der Waals surface area (Å²) in [6.45, 7) is 0. The molecule has 0 radical (unpaired) electrons. The zero-order valence-corrected chi connectivity index (χ0v) is 10.8. The zero-order valence-electron chi connectivity index (χ0n) is 8.68. The van der Waals surface area contributed by atoms with Gasteiger partial charge in [0.2, 0.25) is 0 Å². The van der Waals surface area contributed by atoms with Crippen molar-refractivity contribution >= 4 is 39.7 Å². The molecule has 5 heteroatoms. The second-order valence-electron chi connectivity index (χ2n) is 3.49. The first-order chi connectivity index (χ1) is 8.06. The van der Waals surface area contributed by atoms with Crippen LogP contribution < -0.4 is 11.1 Å². The van der Waals surface area contributed by atoms with E-state index in [2.05, 4.69) is 5.32 Å². The van der Waals surface area contributed by atoms with Crippen LogP contribution in [0.2, 0.25) is 0 Å². The van der Waals surface area contributed by atoms with Crippen molar-refractivity contribution in [2.75, 3.05) is 11.1 Å². The first-order valence-electron chi connectivity index (χ1n) is 4.83. The van der Waals surface area contributed by atoms with E-state index < -0.39 is 5.82 Å². The van der Waals surface area contributed by atoms with Crippen molar-refractivity contribution in [3.8, 4) is 0 Å². The van der Waals surface area contributed by atoms with Gasteiger partial charge in [-0.2, -0.15) is 0 Å². The van der Waals surface area contributed by atoms with Gasteiger partial charge >= 0.3 is 0 Å². The van der Waals surface area contributed by atoms with Crippen molar-refractivity contribution in [2.24, 2.45) is 0 Å². The van der Waals surface area contributed by atoms with Gasteiger partial charge in [0.1, 0.15) is 11.6 Å². The molecule has 0 aliphatic rings. The largest absolute Gasteiger partial charge is 0.399 e. The Balaban J connectivity index is 2.31. The van der Waals surface area contributed by atoms with Gasteiger partial charge in [-0.15, -0.1) is 0 Å². The van der Waals surface area contributed by atoms with Gasteiger partial charge in [0.05, 0.1) is 11.4 Å². The lowest BCUT2D eigenvalue weighted by Crippen LogP contribution is -1.97. The van der Waals surface area contributed by atoms with Crippen molar-refractivity contribution in [2.45, 2.75) is 0 Å². The molecule has 17 heavy (non-hydrogen) atoms. The molecule has 0 amide bonds. The van der Waals surface area contributed by atoms with Crippen molar-refractivity contribution in [1.29, 1.82) is 0 Å². The summed E-state index contributed by atoms with van der Waals surface area (Å²) in [5.74, 6) is -0.761. The highest BCUT2D eigenvalue weighted by molar-refractivity contribution is 14.1. The molecule has 2 nitrogen and oxygen atoms in total. The van der Waals surface area contributed by atoms with Crippen LogP contribution in [0.25, 0.3) is 0 Å². The summed E-state index contributed by atoms with van der Waals surface area (Å²) in [7, 11) is 0. The number of benzene rings is 2. The first-order valence-corrected chi connectivity index (χ1v) is 5.91. The SMILES string of the molecule is Nc1ccc(Nc2ccc(F)cc2I)c(F)c1. The molecule has 0 saturated carbocycles. The van der Waals surface area contributed by atoms with Gasteiger partial charge in [0.15, 0.2) is 0 Å². The lowest BCUT2D eigenvalue weighted by Gasteiger charge is -2.10. The average molecular weight is 346 g/mol. The molecule has 2 aromatic carbocycles. The lowest BCUT2D eigenvalue weighted by molar-refractivity contribution is 0.627. The Morgan fingerprint density at radius 2 is 1.71 bits per heavy atom. The minimum atomic E-state index is -0.440. The van der Waals surface area contributed by atoms with E-state index in [1.54, 1.807) is 18.2 Å². The molecular weight excluding hydrogens is 337 g/mol. The molecule has 0 saturated heterocycles. The summed E-state index contributed by atoms with van der Waals surface area (Å²) in [4.78, 5) is 0. The normalized spacial score (nSPS) is 10.3. The molecule has 0 aliphatic carbocycles. The van der Waals surface area contributed by atoms with Crippen LogP contribution in [-0.4, -0.2) is 0 Å². The fourth-order valence-corrected chi connectivity index (χ4v) is 1.98. The van der Waals surface area contributed by atoms with E-state index in [1.807, 2.05) is 22.6 Å². The maximum Gasteiger partial charge on any atom is 0.148 e. The Bertz CT molecular complexity index is 509. The fourth-order valence-electron chi connectivity index (χ4n) is 1.37. The van der Waals surface area contributed by atoms with Gasteiger partial charge in [-0.05, 0) is 59.0 Å².